The zero-order chi connectivity index (χ0) is 12.0. The van der Waals surface area contributed by atoms with Gasteiger partial charge in [-0.2, -0.15) is 0 Å². The first-order chi connectivity index (χ1) is 8.16. The molecule has 2 N–H and O–H groups in total. The van der Waals surface area contributed by atoms with Gasteiger partial charge < -0.3 is 10.6 Å². The number of nitrogens with one attached hydrogen (secondary N) is 2. The molecule has 2 unspecified atom stereocenters. The molecule has 3 nitrogen and oxygen atoms in total. The monoisotopic (exact) mass is 314 g/mol. The second-order valence-corrected chi connectivity index (χ2v) is 5.93. The van der Waals surface area contributed by atoms with Gasteiger partial charge in [0.15, 0.2) is 0 Å². The molecule has 0 radical (unpaired) electrons. The highest BCUT2D eigenvalue weighted by Gasteiger charge is 2.53. The summed E-state index contributed by atoms with van der Waals surface area (Å²) < 4.78 is 0.865. The molecule has 1 saturated heterocycles. The average molecular weight is 316 g/mol. The van der Waals surface area contributed by atoms with E-state index in [1.165, 1.54) is 0 Å². The van der Waals surface area contributed by atoms with Crippen LogP contribution in [-0.2, 0) is 0 Å². The van der Waals surface area contributed by atoms with Crippen LogP contribution in [-0.4, -0.2) is 25.0 Å². The Morgan fingerprint density at radius 2 is 2.12 bits per heavy atom. The van der Waals surface area contributed by atoms with Crippen molar-refractivity contribution in [3.8, 4) is 0 Å². The molecule has 5 heteroatoms. The van der Waals surface area contributed by atoms with Crippen LogP contribution in [0.15, 0.2) is 22.7 Å². The fourth-order valence-electron chi connectivity index (χ4n) is 2.53. The summed E-state index contributed by atoms with van der Waals surface area (Å²) in [5.74, 6) is 1.16. The lowest BCUT2D eigenvalue weighted by Crippen LogP contribution is -2.32. The van der Waals surface area contributed by atoms with E-state index in [2.05, 4.69) is 26.6 Å². The fraction of sp³-hybridized carbons (Fsp3) is 0.417. The smallest absolute Gasteiger partial charge is 0.253 e. The van der Waals surface area contributed by atoms with Gasteiger partial charge in [-0.15, -0.1) is 0 Å². The van der Waals surface area contributed by atoms with Gasteiger partial charge in [-0.25, -0.2) is 0 Å². The summed E-state index contributed by atoms with van der Waals surface area (Å²) in [6.07, 6.45) is 0. The molecule has 2 aliphatic rings. The number of hydrogen-bond acceptors (Lipinski definition) is 2. The largest absolute Gasteiger partial charge is 0.349 e. The molecule has 1 saturated carbocycles. The number of hydrogen-bond donors (Lipinski definition) is 2. The minimum absolute atomic E-state index is 0.0734. The van der Waals surface area contributed by atoms with Crippen molar-refractivity contribution in [3.05, 3.63) is 33.3 Å². The molecule has 0 bridgehead atoms. The molecule has 1 heterocycles. The molecule has 17 heavy (non-hydrogen) atoms. The van der Waals surface area contributed by atoms with Crippen molar-refractivity contribution >= 4 is 33.4 Å². The Morgan fingerprint density at radius 3 is 2.82 bits per heavy atom. The average Bonchev–Trinajstić information content (AvgIpc) is 2.76. The van der Waals surface area contributed by atoms with Gasteiger partial charge in [-0.05, 0) is 30.0 Å². The van der Waals surface area contributed by atoms with E-state index in [1.807, 2.05) is 6.07 Å². The van der Waals surface area contributed by atoms with Crippen LogP contribution < -0.4 is 10.6 Å². The summed E-state index contributed by atoms with van der Waals surface area (Å²) in [5.41, 5.74) is 0.541. The highest BCUT2D eigenvalue weighted by atomic mass is 79.9. The van der Waals surface area contributed by atoms with Crippen LogP contribution in [0.3, 0.4) is 0 Å². The van der Waals surface area contributed by atoms with Crippen LogP contribution in [0.25, 0.3) is 0 Å². The van der Waals surface area contributed by atoms with Crippen LogP contribution >= 0.6 is 27.5 Å². The normalized spacial score (nSPS) is 29.9. The molecule has 1 aliphatic heterocycles. The van der Waals surface area contributed by atoms with Crippen molar-refractivity contribution in [3.63, 3.8) is 0 Å². The van der Waals surface area contributed by atoms with E-state index < -0.39 is 0 Å². The second-order valence-electron chi connectivity index (χ2n) is 4.61. The van der Waals surface area contributed by atoms with Crippen LogP contribution in [0.4, 0.5) is 0 Å². The third-order valence-corrected chi connectivity index (χ3v) is 4.39. The molecule has 1 aromatic rings. The SMILES string of the molecule is O=C(NC1C2CNCC21)c1cc(Br)ccc1Cl. The number of carbonyl (C=O) groups is 1. The maximum atomic E-state index is 12.1. The lowest BCUT2D eigenvalue weighted by molar-refractivity contribution is 0.0946. The van der Waals surface area contributed by atoms with E-state index in [0.29, 0.717) is 28.5 Å². The molecule has 3 rings (SSSR count). The quantitative estimate of drug-likeness (QED) is 0.877. The Balaban J connectivity index is 1.72. The first-order valence-corrected chi connectivity index (χ1v) is 6.80. The van der Waals surface area contributed by atoms with Crippen molar-refractivity contribution in [2.75, 3.05) is 13.1 Å². The van der Waals surface area contributed by atoms with E-state index in [-0.39, 0.29) is 5.91 Å². The first kappa shape index (κ1) is 11.5. The summed E-state index contributed by atoms with van der Waals surface area (Å²) in [6, 6.07) is 5.65. The number of carbonyl (C=O) groups excluding carboxylic acids is 1. The van der Waals surface area contributed by atoms with Crippen LogP contribution in [0.2, 0.25) is 5.02 Å². The van der Waals surface area contributed by atoms with Gasteiger partial charge in [-0.1, -0.05) is 27.5 Å². The number of fused-ring (bicyclic) bond motifs is 1. The molecular weight excluding hydrogens is 304 g/mol. The Labute approximate surface area is 113 Å². The molecule has 2 fully saturated rings. The number of rotatable bonds is 2. The zero-order valence-corrected chi connectivity index (χ0v) is 11.4. The highest BCUT2D eigenvalue weighted by molar-refractivity contribution is 9.10. The maximum Gasteiger partial charge on any atom is 0.253 e. The van der Waals surface area contributed by atoms with Crippen molar-refractivity contribution in [1.82, 2.24) is 10.6 Å². The molecule has 1 aromatic carbocycles. The molecule has 0 spiro atoms. The molecule has 2 atom stereocenters. The summed E-state index contributed by atoms with van der Waals surface area (Å²) in [4.78, 5) is 12.1. The Hall–Kier alpha value is -0.580. The van der Waals surface area contributed by atoms with Gasteiger partial charge >= 0.3 is 0 Å². The summed E-state index contributed by atoms with van der Waals surface area (Å²) in [6.45, 7) is 2.03. The van der Waals surface area contributed by atoms with Gasteiger partial charge in [0.05, 0.1) is 10.6 Å². The van der Waals surface area contributed by atoms with Gasteiger partial charge in [0.1, 0.15) is 0 Å². The van der Waals surface area contributed by atoms with E-state index in [1.54, 1.807) is 12.1 Å². The van der Waals surface area contributed by atoms with Gasteiger partial charge in [0.25, 0.3) is 5.91 Å². The van der Waals surface area contributed by atoms with Crippen LogP contribution in [0, 0.1) is 11.8 Å². The molecule has 0 aromatic heterocycles. The molecule has 1 aliphatic carbocycles. The maximum absolute atomic E-state index is 12.1. The molecule has 90 valence electrons. The highest BCUT2D eigenvalue weighted by Crippen LogP contribution is 2.41. The number of benzene rings is 1. The van der Waals surface area contributed by atoms with Crippen molar-refractivity contribution in [2.24, 2.45) is 11.8 Å². The third kappa shape index (κ3) is 2.09. The topological polar surface area (TPSA) is 41.1 Å². The van der Waals surface area contributed by atoms with E-state index in [9.17, 15) is 4.79 Å². The van der Waals surface area contributed by atoms with Crippen molar-refractivity contribution < 1.29 is 4.79 Å². The van der Waals surface area contributed by atoms with Crippen molar-refractivity contribution in [2.45, 2.75) is 6.04 Å². The van der Waals surface area contributed by atoms with Gasteiger partial charge in [0.2, 0.25) is 0 Å². The van der Waals surface area contributed by atoms with Crippen LogP contribution in [0.5, 0.6) is 0 Å². The second kappa shape index (κ2) is 4.26. The first-order valence-electron chi connectivity index (χ1n) is 5.63. The predicted octanol–water partition coefficient (Wildman–Crippen LogP) is 2.05. The lowest BCUT2D eigenvalue weighted by Gasteiger charge is -2.09. The number of amides is 1. The minimum atomic E-state index is -0.0734. The van der Waals surface area contributed by atoms with E-state index in [4.69, 9.17) is 11.6 Å². The molecular formula is C12H12BrClN2O. The Morgan fingerprint density at radius 1 is 1.41 bits per heavy atom. The van der Waals surface area contributed by atoms with Gasteiger partial charge in [0, 0.05) is 23.6 Å². The zero-order valence-electron chi connectivity index (χ0n) is 9.04. The number of piperidine rings is 1. The third-order valence-electron chi connectivity index (χ3n) is 3.56. The van der Waals surface area contributed by atoms with Gasteiger partial charge in [-0.3, -0.25) is 4.79 Å². The van der Waals surface area contributed by atoms with Crippen molar-refractivity contribution in [1.29, 1.82) is 0 Å². The summed E-state index contributed by atoms with van der Waals surface area (Å²) >= 11 is 9.37. The van der Waals surface area contributed by atoms with E-state index in [0.717, 1.165) is 17.6 Å². The lowest BCUT2D eigenvalue weighted by atomic mass is 10.2. The van der Waals surface area contributed by atoms with E-state index >= 15 is 0 Å². The standard InChI is InChI=1S/C12H12BrClN2O/c13-6-1-2-10(14)7(3-6)12(17)16-11-8-4-15-5-9(8)11/h1-3,8-9,11,15H,4-5H2,(H,16,17). The van der Waals surface area contributed by atoms with Crippen LogP contribution in [0.1, 0.15) is 10.4 Å². The predicted molar refractivity (Wildman–Crippen MR) is 70.3 cm³/mol. The summed E-state index contributed by atoms with van der Waals surface area (Å²) in [5, 5.41) is 6.85. The molecule has 1 amide bonds. The fourth-order valence-corrected chi connectivity index (χ4v) is 3.10. The Kier molecular flexibility index (Phi) is 2.89. The summed E-state index contributed by atoms with van der Waals surface area (Å²) in [7, 11) is 0. The number of halogens is 2. The minimum Gasteiger partial charge on any atom is -0.349 e. The Bertz CT molecular complexity index is 470.